The minimum Gasteiger partial charge on any atom is -0.378 e. The normalized spacial score (nSPS) is 19.2. The van der Waals surface area contributed by atoms with E-state index >= 15 is 0 Å². The highest BCUT2D eigenvalue weighted by molar-refractivity contribution is 6.33. The van der Waals surface area contributed by atoms with Gasteiger partial charge in [-0.15, -0.1) is 0 Å². The predicted octanol–water partition coefficient (Wildman–Crippen LogP) is 1.68. The first kappa shape index (κ1) is 19.6. The Morgan fingerprint density at radius 3 is 2.97 bits per heavy atom. The van der Waals surface area contributed by atoms with Gasteiger partial charge in [-0.3, -0.25) is 9.59 Å². The number of carbonyl (C=O) groups excluding carboxylic acids is 2. The fourth-order valence-corrected chi connectivity index (χ4v) is 3.57. The molecule has 4 rings (SSSR count). The van der Waals surface area contributed by atoms with Gasteiger partial charge in [-0.1, -0.05) is 29.8 Å². The molecule has 8 nitrogen and oxygen atoms in total. The highest BCUT2D eigenvalue weighted by atomic mass is 35.5. The zero-order valence-corrected chi connectivity index (χ0v) is 16.6. The Balaban J connectivity index is 1.40. The van der Waals surface area contributed by atoms with Crippen LogP contribution in [-0.2, 0) is 22.6 Å². The zero-order valence-electron chi connectivity index (χ0n) is 15.8. The summed E-state index contributed by atoms with van der Waals surface area (Å²) in [5.41, 5.74) is 0.999. The summed E-state index contributed by atoms with van der Waals surface area (Å²) in [6.45, 7) is 3.41. The van der Waals surface area contributed by atoms with Crippen LogP contribution in [0, 0.1) is 0 Å². The predicted molar refractivity (Wildman–Crippen MR) is 109 cm³/mol. The number of nitrogens with one attached hydrogen (secondary N) is 2. The van der Waals surface area contributed by atoms with E-state index in [1.165, 1.54) is 6.20 Å². The van der Waals surface area contributed by atoms with Crippen molar-refractivity contribution in [1.82, 2.24) is 19.8 Å². The van der Waals surface area contributed by atoms with Gasteiger partial charge in [-0.25, -0.2) is 4.98 Å². The summed E-state index contributed by atoms with van der Waals surface area (Å²) in [6, 6.07) is 7.12. The van der Waals surface area contributed by atoms with E-state index in [4.69, 9.17) is 16.3 Å². The van der Waals surface area contributed by atoms with Crippen LogP contribution >= 0.6 is 11.6 Å². The Morgan fingerprint density at radius 2 is 2.17 bits per heavy atom. The monoisotopic (exact) mass is 415 g/mol. The van der Waals surface area contributed by atoms with Crippen LogP contribution in [-0.4, -0.2) is 58.6 Å². The molecule has 1 atom stereocenters. The maximum absolute atomic E-state index is 12.7. The summed E-state index contributed by atoms with van der Waals surface area (Å²) < 4.78 is 7.23. The minimum absolute atomic E-state index is 0.0552. The van der Waals surface area contributed by atoms with Gasteiger partial charge in [0.25, 0.3) is 5.91 Å². The molecule has 0 saturated carbocycles. The number of halogens is 1. The van der Waals surface area contributed by atoms with E-state index in [1.54, 1.807) is 35.2 Å². The van der Waals surface area contributed by atoms with E-state index < -0.39 is 0 Å². The minimum atomic E-state index is -0.278. The van der Waals surface area contributed by atoms with Gasteiger partial charge in [0.15, 0.2) is 0 Å². The van der Waals surface area contributed by atoms with Gasteiger partial charge in [-0.05, 0) is 12.1 Å². The molecule has 152 valence electrons. The van der Waals surface area contributed by atoms with Crippen LogP contribution in [0.5, 0.6) is 0 Å². The molecule has 29 heavy (non-hydrogen) atoms. The number of amides is 2. The van der Waals surface area contributed by atoms with Gasteiger partial charge < -0.3 is 24.8 Å². The van der Waals surface area contributed by atoms with E-state index in [0.29, 0.717) is 55.1 Å². The van der Waals surface area contributed by atoms with E-state index in [2.05, 4.69) is 15.6 Å². The van der Waals surface area contributed by atoms with Gasteiger partial charge in [-0.2, -0.15) is 0 Å². The highest BCUT2D eigenvalue weighted by Gasteiger charge is 2.25. The van der Waals surface area contributed by atoms with Gasteiger partial charge in [0.05, 0.1) is 36.7 Å². The molecular formula is C20H22ClN5O3. The van der Waals surface area contributed by atoms with Crippen molar-refractivity contribution in [3.63, 3.8) is 0 Å². The smallest absolute Gasteiger partial charge is 0.273 e. The van der Waals surface area contributed by atoms with Crippen molar-refractivity contribution in [3.8, 4) is 0 Å². The molecule has 3 heterocycles. The Bertz CT molecular complexity index is 936. The van der Waals surface area contributed by atoms with Crippen molar-refractivity contribution in [2.75, 3.05) is 31.6 Å². The van der Waals surface area contributed by atoms with Crippen molar-refractivity contribution in [1.29, 1.82) is 0 Å². The molecule has 2 aliphatic rings. The number of rotatable bonds is 4. The number of hydrogen-bond acceptors (Lipinski definition) is 5. The first-order valence-electron chi connectivity index (χ1n) is 9.50. The lowest BCUT2D eigenvalue weighted by Gasteiger charge is -2.28. The Morgan fingerprint density at radius 1 is 1.31 bits per heavy atom. The number of nitrogens with zero attached hydrogens (tertiary/aromatic N) is 3. The van der Waals surface area contributed by atoms with E-state index in [9.17, 15) is 9.59 Å². The average Bonchev–Trinajstić information content (AvgIpc) is 3.18. The third-order valence-corrected chi connectivity index (χ3v) is 5.28. The Kier molecular flexibility index (Phi) is 5.94. The summed E-state index contributed by atoms with van der Waals surface area (Å²) in [5, 5.41) is 6.56. The zero-order chi connectivity index (χ0) is 20.2. The van der Waals surface area contributed by atoms with Crippen molar-refractivity contribution < 1.29 is 14.3 Å². The molecule has 1 fully saturated rings. The number of anilines is 1. The van der Waals surface area contributed by atoms with Gasteiger partial charge in [0.1, 0.15) is 11.5 Å². The number of ether oxygens (including phenoxy) is 1. The number of benzene rings is 1. The van der Waals surface area contributed by atoms with E-state index in [-0.39, 0.29) is 17.9 Å². The number of hydrogen-bond donors (Lipinski definition) is 2. The van der Waals surface area contributed by atoms with E-state index in [0.717, 1.165) is 6.54 Å². The number of fused-ring (bicyclic) bond motifs is 1. The molecule has 0 radical (unpaired) electrons. The summed E-state index contributed by atoms with van der Waals surface area (Å²) in [6.07, 6.45) is 4.95. The lowest BCUT2D eigenvalue weighted by Crippen LogP contribution is -2.41. The summed E-state index contributed by atoms with van der Waals surface area (Å²) in [5.74, 6) is 0.329. The van der Waals surface area contributed by atoms with Crippen molar-refractivity contribution in [2.45, 2.75) is 19.1 Å². The number of carbonyl (C=O) groups is 2. The number of para-hydroxylation sites is 1. The molecule has 0 unspecified atom stereocenters. The largest absolute Gasteiger partial charge is 0.378 e. The lowest BCUT2D eigenvalue weighted by molar-refractivity contribution is -0.127. The first-order chi connectivity index (χ1) is 14.1. The van der Waals surface area contributed by atoms with Crippen molar-refractivity contribution in [3.05, 3.63) is 59.2 Å². The second kappa shape index (κ2) is 8.77. The van der Waals surface area contributed by atoms with Gasteiger partial charge >= 0.3 is 0 Å². The Labute approximate surface area is 173 Å². The molecular weight excluding hydrogens is 394 g/mol. The molecule has 9 heteroatoms. The quantitative estimate of drug-likeness (QED) is 0.742. The molecule has 2 aromatic rings. The fourth-order valence-electron chi connectivity index (χ4n) is 3.39. The van der Waals surface area contributed by atoms with Gasteiger partial charge in [0.2, 0.25) is 5.91 Å². The SMILES string of the molecule is O=C(Nc1ccccc1Cl)c1cnc2n1CCN(C(=O)/C=C/[C@H]1COCCN1)C2. The summed E-state index contributed by atoms with van der Waals surface area (Å²) in [4.78, 5) is 31.2. The van der Waals surface area contributed by atoms with Crippen LogP contribution in [0.2, 0.25) is 5.02 Å². The average molecular weight is 416 g/mol. The number of aromatic nitrogens is 2. The third kappa shape index (κ3) is 4.50. The van der Waals surface area contributed by atoms with Crippen LogP contribution in [0.3, 0.4) is 0 Å². The molecule has 1 saturated heterocycles. The summed E-state index contributed by atoms with van der Waals surface area (Å²) in [7, 11) is 0. The van der Waals surface area contributed by atoms with Crippen LogP contribution < -0.4 is 10.6 Å². The molecule has 0 bridgehead atoms. The standard InChI is InChI=1S/C20H22ClN5O3/c21-15-3-1-2-4-16(15)24-20(28)17-11-23-18-12-25(8-9-26(17)18)19(27)6-5-14-13-29-10-7-22-14/h1-6,11,14,22H,7-10,12-13H2,(H,24,28)/b6-5+/t14-/m0/s1. The highest BCUT2D eigenvalue weighted by Crippen LogP contribution is 2.22. The number of morpholine rings is 1. The summed E-state index contributed by atoms with van der Waals surface area (Å²) >= 11 is 6.11. The Hall–Kier alpha value is -2.68. The van der Waals surface area contributed by atoms with Crippen LogP contribution in [0.15, 0.2) is 42.6 Å². The fraction of sp³-hybridized carbons (Fsp3) is 0.350. The van der Waals surface area contributed by atoms with Crippen LogP contribution in [0.1, 0.15) is 16.3 Å². The van der Waals surface area contributed by atoms with Crippen molar-refractivity contribution >= 4 is 29.1 Å². The van der Waals surface area contributed by atoms with Crippen LogP contribution in [0.25, 0.3) is 0 Å². The molecule has 0 aliphatic carbocycles. The first-order valence-corrected chi connectivity index (χ1v) is 9.88. The molecule has 2 aliphatic heterocycles. The topological polar surface area (TPSA) is 88.5 Å². The molecule has 2 amide bonds. The number of imidazole rings is 1. The molecule has 1 aromatic carbocycles. The molecule has 1 aromatic heterocycles. The van der Waals surface area contributed by atoms with E-state index in [1.807, 2.05) is 10.6 Å². The van der Waals surface area contributed by atoms with Crippen LogP contribution in [0.4, 0.5) is 5.69 Å². The second-order valence-electron chi connectivity index (χ2n) is 6.90. The maximum Gasteiger partial charge on any atom is 0.273 e. The second-order valence-corrected chi connectivity index (χ2v) is 7.31. The van der Waals surface area contributed by atoms with Gasteiger partial charge in [0, 0.05) is 31.8 Å². The lowest BCUT2D eigenvalue weighted by atomic mass is 10.2. The van der Waals surface area contributed by atoms with Crippen molar-refractivity contribution in [2.24, 2.45) is 0 Å². The molecule has 2 N–H and O–H groups in total. The molecule has 0 spiro atoms. The maximum atomic E-state index is 12.7. The third-order valence-electron chi connectivity index (χ3n) is 4.95.